The number of benzene rings is 1. The van der Waals surface area contributed by atoms with Crippen LogP contribution >= 0.6 is 23.2 Å². The van der Waals surface area contributed by atoms with Crippen LogP contribution in [-0.4, -0.2) is 10.1 Å². The van der Waals surface area contributed by atoms with Crippen molar-refractivity contribution in [1.29, 1.82) is 0 Å². The summed E-state index contributed by atoms with van der Waals surface area (Å²) in [5.74, 6) is -0.492. The molecule has 0 saturated heterocycles. The third-order valence-electron chi connectivity index (χ3n) is 2.58. The van der Waals surface area contributed by atoms with E-state index in [0.29, 0.717) is 16.3 Å². The highest BCUT2D eigenvalue weighted by Crippen LogP contribution is 2.26. The summed E-state index contributed by atoms with van der Waals surface area (Å²) in [4.78, 5) is 3.83. The van der Waals surface area contributed by atoms with Crippen molar-refractivity contribution in [1.82, 2.24) is 4.98 Å². The van der Waals surface area contributed by atoms with E-state index >= 15 is 0 Å². The number of hydrogen-bond acceptors (Lipinski definition) is 2. The average Bonchev–Trinajstić information content (AvgIpc) is 2.35. The molecule has 2 nitrogen and oxygen atoms in total. The fourth-order valence-electron chi connectivity index (χ4n) is 1.66. The third kappa shape index (κ3) is 2.99. The van der Waals surface area contributed by atoms with Gasteiger partial charge in [0.1, 0.15) is 11.0 Å². The molecule has 1 aromatic heterocycles. The second-order valence-electron chi connectivity index (χ2n) is 3.84. The molecule has 0 aliphatic rings. The van der Waals surface area contributed by atoms with Crippen molar-refractivity contribution in [2.75, 3.05) is 0 Å². The van der Waals surface area contributed by atoms with Crippen LogP contribution in [0.1, 0.15) is 17.2 Å². The molecule has 5 heteroatoms. The fraction of sp³-hybridized carbons (Fsp3) is 0.154. The van der Waals surface area contributed by atoms with E-state index in [4.69, 9.17) is 23.2 Å². The van der Waals surface area contributed by atoms with Crippen molar-refractivity contribution >= 4 is 23.2 Å². The van der Waals surface area contributed by atoms with E-state index in [2.05, 4.69) is 4.98 Å². The van der Waals surface area contributed by atoms with Crippen LogP contribution in [0, 0.1) is 5.82 Å². The van der Waals surface area contributed by atoms with Gasteiger partial charge in [0.15, 0.2) is 0 Å². The topological polar surface area (TPSA) is 33.1 Å². The summed E-state index contributed by atoms with van der Waals surface area (Å²) in [6, 6.07) is 7.74. The van der Waals surface area contributed by atoms with E-state index in [9.17, 15) is 9.50 Å². The molecule has 0 bridgehead atoms. The Kier molecular flexibility index (Phi) is 4.17. The van der Waals surface area contributed by atoms with E-state index in [0.717, 1.165) is 0 Å². The number of hydrogen-bond donors (Lipinski definition) is 1. The van der Waals surface area contributed by atoms with Crippen LogP contribution in [0.15, 0.2) is 36.5 Å². The first-order chi connectivity index (χ1) is 8.58. The fourth-order valence-corrected chi connectivity index (χ4v) is 2.04. The van der Waals surface area contributed by atoms with Gasteiger partial charge in [-0.15, -0.1) is 0 Å². The minimum absolute atomic E-state index is 0.0386. The molecular weight excluding hydrogens is 276 g/mol. The van der Waals surface area contributed by atoms with E-state index < -0.39 is 11.9 Å². The molecule has 0 spiro atoms. The van der Waals surface area contributed by atoms with E-state index in [-0.39, 0.29) is 11.4 Å². The quantitative estimate of drug-likeness (QED) is 0.870. The maximum absolute atomic E-state index is 13.3. The number of rotatable bonds is 3. The lowest BCUT2D eigenvalue weighted by Gasteiger charge is -2.12. The number of pyridine rings is 1. The van der Waals surface area contributed by atoms with Crippen molar-refractivity contribution in [2.24, 2.45) is 0 Å². The predicted octanol–water partition coefficient (Wildman–Crippen LogP) is 3.80. The lowest BCUT2D eigenvalue weighted by atomic mass is 10.0. The van der Waals surface area contributed by atoms with Gasteiger partial charge in [0.2, 0.25) is 0 Å². The lowest BCUT2D eigenvalue weighted by molar-refractivity contribution is 0.178. The zero-order chi connectivity index (χ0) is 13.1. The number of aromatic nitrogens is 1. The summed E-state index contributed by atoms with van der Waals surface area (Å²) in [5, 5.41) is 10.4. The molecule has 1 N–H and O–H groups in total. The Morgan fingerprint density at radius 2 is 2.06 bits per heavy atom. The SMILES string of the molecule is OC(Cc1cccc(F)c1Cl)c1ccnc(Cl)c1. The number of aliphatic hydroxyl groups is 1. The smallest absolute Gasteiger partial charge is 0.142 e. The molecule has 0 aliphatic carbocycles. The molecule has 0 amide bonds. The van der Waals surface area contributed by atoms with E-state index in [1.165, 1.54) is 12.3 Å². The Morgan fingerprint density at radius 1 is 1.28 bits per heavy atom. The van der Waals surface area contributed by atoms with E-state index in [1.54, 1.807) is 24.3 Å². The highest BCUT2D eigenvalue weighted by Gasteiger charge is 2.13. The Labute approximate surface area is 114 Å². The van der Waals surface area contributed by atoms with Crippen molar-refractivity contribution in [2.45, 2.75) is 12.5 Å². The molecule has 0 radical (unpaired) electrons. The zero-order valence-corrected chi connectivity index (χ0v) is 10.8. The molecule has 1 atom stereocenters. The molecular formula is C13H10Cl2FNO. The third-order valence-corrected chi connectivity index (χ3v) is 3.21. The monoisotopic (exact) mass is 285 g/mol. The Bertz CT molecular complexity index is 562. The molecule has 2 aromatic rings. The zero-order valence-electron chi connectivity index (χ0n) is 9.28. The predicted molar refractivity (Wildman–Crippen MR) is 69.3 cm³/mol. The van der Waals surface area contributed by atoms with Crippen LogP contribution in [-0.2, 0) is 6.42 Å². The normalized spacial score (nSPS) is 12.4. The van der Waals surface area contributed by atoms with Gasteiger partial charge in [0.25, 0.3) is 0 Å². The van der Waals surface area contributed by atoms with Gasteiger partial charge >= 0.3 is 0 Å². The minimum atomic E-state index is -0.801. The average molecular weight is 286 g/mol. The molecule has 1 unspecified atom stereocenters. The van der Waals surface area contributed by atoms with Crippen LogP contribution < -0.4 is 0 Å². The molecule has 2 rings (SSSR count). The van der Waals surface area contributed by atoms with Crippen LogP contribution in [0.2, 0.25) is 10.2 Å². The van der Waals surface area contributed by atoms with Gasteiger partial charge < -0.3 is 5.11 Å². The van der Waals surface area contributed by atoms with Gasteiger partial charge in [0, 0.05) is 12.6 Å². The Hall–Kier alpha value is -1.16. The molecule has 18 heavy (non-hydrogen) atoms. The molecule has 94 valence electrons. The number of nitrogens with zero attached hydrogens (tertiary/aromatic N) is 1. The second kappa shape index (κ2) is 5.65. The highest BCUT2D eigenvalue weighted by atomic mass is 35.5. The van der Waals surface area contributed by atoms with Crippen molar-refractivity contribution in [3.63, 3.8) is 0 Å². The van der Waals surface area contributed by atoms with Crippen molar-refractivity contribution < 1.29 is 9.50 Å². The van der Waals surface area contributed by atoms with E-state index in [1.807, 2.05) is 0 Å². The van der Waals surface area contributed by atoms with Crippen LogP contribution in [0.25, 0.3) is 0 Å². The summed E-state index contributed by atoms with van der Waals surface area (Å²) in [5.41, 5.74) is 1.17. The van der Waals surface area contributed by atoms with Crippen LogP contribution in [0.3, 0.4) is 0 Å². The lowest BCUT2D eigenvalue weighted by Crippen LogP contribution is -2.03. The van der Waals surface area contributed by atoms with Gasteiger partial charge in [0.05, 0.1) is 11.1 Å². The first-order valence-corrected chi connectivity index (χ1v) is 6.06. The van der Waals surface area contributed by atoms with Gasteiger partial charge in [-0.05, 0) is 29.3 Å². The largest absolute Gasteiger partial charge is 0.388 e. The van der Waals surface area contributed by atoms with Crippen molar-refractivity contribution in [3.8, 4) is 0 Å². The number of aliphatic hydroxyl groups excluding tert-OH is 1. The molecule has 1 heterocycles. The van der Waals surface area contributed by atoms with Gasteiger partial charge in [-0.25, -0.2) is 9.37 Å². The first-order valence-electron chi connectivity index (χ1n) is 5.30. The summed E-state index contributed by atoms with van der Waals surface area (Å²) < 4.78 is 13.3. The maximum Gasteiger partial charge on any atom is 0.142 e. The van der Waals surface area contributed by atoms with Gasteiger partial charge in [-0.2, -0.15) is 0 Å². The summed E-state index contributed by atoms with van der Waals surface area (Å²) in [6.07, 6.45) is 0.926. The van der Waals surface area contributed by atoms with Crippen LogP contribution in [0.5, 0.6) is 0 Å². The van der Waals surface area contributed by atoms with Gasteiger partial charge in [-0.1, -0.05) is 35.3 Å². The standard InChI is InChI=1S/C13H10Cl2FNO/c14-12-7-8(4-5-17-12)11(18)6-9-2-1-3-10(16)13(9)15/h1-5,7,11,18H,6H2. The number of halogens is 3. The summed E-state index contributed by atoms with van der Waals surface area (Å²) in [7, 11) is 0. The maximum atomic E-state index is 13.3. The minimum Gasteiger partial charge on any atom is -0.388 e. The highest BCUT2D eigenvalue weighted by molar-refractivity contribution is 6.31. The summed E-state index contributed by atoms with van der Waals surface area (Å²) >= 11 is 11.6. The van der Waals surface area contributed by atoms with Gasteiger partial charge in [-0.3, -0.25) is 0 Å². The molecule has 0 aliphatic heterocycles. The Morgan fingerprint density at radius 3 is 2.78 bits per heavy atom. The molecule has 0 fully saturated rings. The Balaban J connectivity index is 2.21. The molecule has 1 aromatic carbocycles. The molecule has 0 saturated carbocycles. The van der Waals surface area contributed by atoms with Crippen molar-refractivity contribution in [3.05, 3.63) is 63.6 Å². The first kappa shape index (κ1) is 13.3. The second-order valence-corrected chi connectivity index (χ2v) is 4.61. The van der Waals surface area contributed by atoms with Crippen LogP contribution in [0.4, 0.5) is 4.39 Å². The summed E-state index contributed by atoms with van der Waals surface area (Å²) in [6.45, 7) is 0.